The summed E-state index contributed by atoms with van der Waals surface area (Å²) in [5, 5.41) is 11.6. The Bertz CT molecular complexity index is 954. The third kappa shape index (κ3) is 3.77. The average Bonchev–Trinajstić information content (AvgIpc) is 2.98. The van der Waals surface area contributed by atoms with Crippen LogP contribution in [0.15, 0.2) is 47.6 Å². The van der Waals surface area contributed by atoms with Gasteiger partial charge in [0.05, 0.1) is 11.3 Å². The van der Waals surface area contributed by atoms with Crippen LogP contribution in [0, 0.1) is 19.7 Å². The van der Waals surface area contributed by atoms with Crippen molar-refractivity contribution in [2.75, 3.05) is 11.1 Å². The smallest absolute Gasteiger partial charge is 0.234 e. The van der Waals surface area contributed by atoms with Crippen LogP contribution in [0.25, 0.3) is 11.4 Å². The molecule has 3 aromatic rings. The molecule has 1 N–H and O–H groups in total. The molecule has 1 aromatic heterocycles. The van der Waals surface area contributed by atoms with Crippen molar-refractivity contribution in [1.29, 1.82) is 0 Å². The van der Waals surface area contributed by atoms with Crippen molar-refractivity contribution >= 4 is 23.4 Å². The van der Waals surface area contributed by atoms with Gasteiger partial charge in [-0.25, -0.2) is 4.39 Å². The maximum Gasteiger partial charge on any atom is 0.234 e. The molecule has 0 bridgehead atoms. The predicted octanol–water partition coefficient (Wildman–Crippen LogP) is 3.97. The van der Waals surface area contributed by atoms with E-state index in [4.69, 9.17) is 0 Å². The van der Waals surface area contributed by atoms with E-state index in [0.29, 0.717) is 16.5 Å². The highest BCUT2D eigenvalue weighted by Gasteiger charge is 2.15. The van der Waals surface area contributed by atoms with E-state index in [0.717, 1.165) is 16.8 Å². The van der Waals surface area contributed by atoms with Crippen molar-refractivity contribution < 1.29 is 9.18 Å². The van der Waals surface area contributed by atoms with Crippen LogP contribution >= 0.6 is 11.8 Å². The van der Waals surface area contributed by atoms with Gasteiger partial charge in [0.25, 0.3) is 0 Å². The maximum absolute atomic E-state index is 13.9. The molecule has 0 saturated carbocycles. The molecule has 5 nitrogen and oxygen atoms in total. The fraction of sp³-hybridized carbons (Fsp3) is 0.211. The second kappa shape index (κ2) is 7.70. The van der Waals surface area contributed by atoms with Gasteiger partial charge in [0.15, 0.2) is 11.0 Å². The largest absolute Gasteiger partial charge is 0.325 e. The first-order chi connectivity index (χ1) is 12.5. The number of carbonyl (C=O) groups excluding carboxylic acids is 1. The van der Waals surface area contributed by atoms with E-state index >= 15 is 0 Å². The Balaban J connectivity index is 1.68. The van der Waals surface area contributed by atoms with Crippen molar-refractivity contribution in [2.24, 2.45) is 7.05 Å². The molecule has 7 heteroatoms. The van der Waals surface area contributed by atoms with Crippen molar-refractivity contribution in [3.05, 3.63) is 59.4 Å². The van der Waals surface area contributed by atoms with Crippen molar-refractivity contribution in [2.45, 2.75) is 19.0 Å². The van der Waals surface area contributed by atoms with Gasteiger partial charge in [-0.15, -0.1) is 10.2 Å². The summed E-state index contributed by atoms with van der Waals surface area (Å²) in [6.45, 7) is 3.98. The van der Waals surface area contributed by atoms with Crippen LogP contribution in [0.4, 0.5) is 10.1 Å². The van der Waals surface area contributed by atoms with E-state index in [1.165, 1.54) is 17.8 Å². The van der Waals surface area contributed by atoms with Crippen LogP contribution < -0.4 is 5.32 Å². The minimum absolute atomic E-state index is 0.126. The lowest BCUT2D eigenvalue weighted by atomic mass is 10.1. The monoisotopic (exact) mass is 370 g/mol. The van der Waals surface area contributed by atoms with E-state index in [1.54, 1.807) is 29.8 Å². The van der Waals surface area contributed by atoms with Crippen molar-refractivity contribution in [1.82, 2.24) is 14.8 Å². The normalized spacial score (nSPS) is 10.8. The minimum Gasteiger partial charge on any atom is -0.325 e. The Morgan fingerprint density at radius 3 is 2.69 bits per heavy atom. The molecule has 26 heavy (non-hydrogen) atoms. The van der Waals surface area contributed by atoms with Crippen LogP contribution in [0.3, 0.4) is 0 Å². The van der Waals surface area contributed by atoms with Gasteiger partial charge in [-0.3, -0.25) is 4.79 Å². The Morgan fingerprint density at radius 2 is 1.92 bits per heavy atom. The number of carbonyl (C=O) groups is 1. The van der Waals surface area contributed by atoms with E-state index in [1.807, 2.05) is 32.0 Å². The fourth-order valence-corrected chi connectivity index (χ4v) is 3.23. The zero-order valence-electron chi connectivity index (χ0n) is 14.8. The SMILES string of the molecule is Cc1cccc(NC(=O)CSc2nnc(-c3ccccc3F)n2C)c1C. The lowest BCUT2D eigenvalue weighted by molar-refractivity contribution is -0.113. The number of halogens is 1. The Kier molecular flexibility index (Phi) is 5.37. The van der Waals surface area contributed by atoms with E-state index < -0.39 is 0 Å². The molecule has 0 aliphatic carbocycles. The van der Waals surface area contributed by atoms with Crippen LogP contribution in [0.5, 0.6) is 0 Å². The van der Waals surface area contributed by atoms with Gasteiger partial charge < -0.3 is 9.88 Å². The van der Waals surface area contributed by atoms with Crippen LogP contribution in [0.2, 0.25) is 0 Å². The highest BCUT2D eigenvalue weighted by molar-refractivity contribution is 7.99. The maximum atomic E-state index is 13.9. The first-order valence-corrected chi connectivity index (χ1v) is 9.09. The van der Waals surface area contributed by atoms with Gasteiger partial charge in [0.1, 0.15) is 5.82 Å². The van der Waals surface area contributed by atoms with E-state index in [2.05, 4.69) is 15.5 Å². The number of amides is 1. The molecule has 0 saturated heterocycles. The number of aromatic nitrogens is 3. The fourth-order valence-electron chi connectivity index (χ4n) is 2.52. The number of rotatable bonds is 5. The second-order valence-corrected chi connectivity index (χ2v) is 6.87. The summed E-state index contributed by atoms with van der Waals surface area (Å²) in [4.78, 5) is 12.2. The van der Waals surface area contributed by atoms with Gasteiger partial charge in [-0.2, -0.15) is 0 Å². The molecule has 0 spiro atoms. The summed E-state index contributed by atoms with van der Waals surface area (Å²) >= 11 is 1.26. The number of hydrogen-bond acceptors (Lipinski definition) is 4. The van der Waals surface area contributed by atoms with E-state index in [9.17, 15) is 9.18 Å². The Labute approximate surface area is 155 Å². The molecule has 1 heterocycles. The number of aryl methyl sites for hydroxylation is 1. The zero-order valence-corrected chi connectivity index (χ0v) is 15.6. The Morgan fingerprint density at radius 1 is 1.15 bits per heavy atom. The number of thioether (sulfide) groups is 1. The molecule has 0 aliphatic rings. The molecular formula is C19H19FN4OS. The third-order valence-corrected chi connectivity index (χ3v) is 5.18. The third-order valence-electron chi connectivity index (χ3n) is 4.16. The van der Waals surface area contributed by atoms with Crippen LogP contribution in [-0.4, -0.2) is 26.4 Å². The van der Waals surface area contributed by atoms with Crippen molar-refractivity contribution in [3.63, 3.8) is 0 Å². The Hall–Kier alpha value is -2.67. The number of nitrogens with one attached hydrogen (secondary N) is 1. The number of nitrogens with zero attached hydrogens (tertiary/aromatic N) is 3. The standard InChI is InChI=1S/C19H19FN4OS/c1-12-7-6-10-16(13(12)2)21-17(25)11-26-19-23-22-18(24(19)3)14-8-4-5-9-15(14)20/h4-10H,11H2,1-3H3,(H,21,25). The minimum atomic E-state index is -0.354. The summed E-state index contributed by atoms with van der Waals surface area (Å²) in [5.74, 6) is 0.142. The summed E-state index contributed by atoms with van der Waals surface area (Å²) in [5.41, 5.74) is 3.36. The second-order valence-electron chi connectivity index (χ2n) is 5.93. The molecule has 3 rings (SSSR count). The highest BCUT2D eigenvalue weighted by Crippen LogP contribution is 2.25. The molecule has 134 valence electrons. The molecular weight excluding hydrogens is 351 g/mol. The van der Waals surface area contributed by atoms with Crippen LogP contribution in [0.1, 0.15) is 11.1 Å². The molecule has 1 amide bonds. The quantitative estimate of drug-likeness (QED) is 0.691. The lowest BCUT2D eigenvalue weighted by Crippen LogP contribution is -2.15. The molecule has 0 radical (unpaired) electrons. The summed E-state index contributed by atoms with van der Waals surface area (Å²) in [6.07, 6.45) is 0. The van der Waals surface area contributed by atoms with Gasteiger partial charge in [0.2, 0.25) is 5.91 Å². The lowest BCUT2D eigenvalue weighted by Gasteiger charge is -2.10. The highest BCUT2D eigenvalue weighted by atomic mass is 32.2. The molecule has 2 aromatic carbocycles. The first kappa shape index (κ1) is 18.1. The molecule has 0 atom stereocenters. The van der Waals surface area contributed by atoms with Crippen LogP contribution in [-0.2, 0) is 11.8 Å². The predicted molar refractivity (Wildman–Crippen MR) is 102 cm³/mol. The average molecular weight is 370 g/mol. The summed E-state index contributed by atoms with van der Waals surface area (Å²) in [6, 6.07) is 12.2. The van der Waals surface area contributed by atoms with Gasteiger partial charge in [-0.05, 0) is 43.2 Å². The molecule has 0 fully saturated rings. The van der Waals surface area contributed by atoms with Crippen molar-refractivity contribution in [3.8, 4) is 11.4 Å². The van der Waals surface area contributed by atoms with Gasteiger partial charge in [-0.1, -0.05) is 36.0 Å². The summed E-state index contributed by atoms with van der Waals surface area (Å²) in [7, 11) is 1.76. The number of benzene rings is 2. The topological polar surface area (TPSA) is 59.8 Å². The zero-order chi connectivity index (χ0) is 18.7. The first-order valence-electron chi connectivity index (χ1n) is 8.10. The van der Waals surface area contributed by atoms with E-state index in [-0.39, 0.29) is 17.5 Å². The summed E-state index contributed by atoms with van der Waals surface area (Å²) < 4.78 is 15.6. The molecule has 0 unspecified atom stereocenters. The van der Waals surface area contributed by atoms with Gasteiger partial charge >= 0.3 is 0 Å². The van der Waals surface area contributed by atoms with Gasteiger partial charge in [0, 0.05) is 12.7 Å². The number of anilines is 1. The molecule has 0 aliphatic heterocycles. The number of hydrogen-bond donors (Lipinski definition) is 1.